The monoisotopic (exact) mass is 493 g/mol. The van der Waals surface area contributed by atoms with E-state index in [1.54, 1.807) is 61.7 Å². The fourth-order valence-electron chi connectivity index (χ4n) is 4.18. The highest BCUT2D eigenvalue weighted by Crippen LogP contribution is 2.44. The predicted molar refractivity (Wildman–Crippen MR) is 132 cm³/mol. The summed E-state index contributed by atoms with van der Waals surface area (Å²) in [6.45, 7) is 0.141. The summed E-state index contributed by atoms with van der Waals surface area (Å²) < 4.78 is 16.0. The summed E-state index contributed by atoms with van der Waals surface area (Å²) in [6.07, 6.45) is 0. The molecule has 0 aliphatic carbocycles. The fourth-order valence-corrected chi connectivity index (χ4v) is 4.31. The molecule has 1 atom stereocenters. The maximum atomic E-state index is 13.3. The lowest BCUT2D eigenvalue weighted by atomic mass is 9.94. The molecule has 1 heterocycles. The van der Waals surface area contributed by atoms with Crippen molar-refractivity contribution in [3.8, 4) is 17.2 Å². The SMILES string of the molecule is COc1ccc(CN2C(=O)C(=O)/C(=C(/O)c3c(OC)cccc3OC)C2c2ccc(Cl)cc2)cc1. The first-order valence-electron chi connectivity index (χ1n) is 10.8. The number of ketones is 1. The molecule has 3 aromatic carbocycles. The Kier molecular flexibility index (Phi) is 6.98. The first-order chi connectivity index (χ1) is 16.9. The summed E-state index contributed by atoms with van der Waals surface area (Å²) in [5.74, 6) is -0.626. The Labute approximate surface area is 208 Å². The molecule has 0 radical (unpaired) electrons. The molecule has 3 aromatic rings. The third-order valence-electron chi connectivity index (χ3n) is 5.90. The van der Waals surface area contributed by atoms with Crippen molar-refractivity contribution >= 4 is 29.1 Å². The normalized spacial score (nSPS) is 16.9. The summed E-state index contributed by atoms with van der Waals surface area (Å²) in [4.78, 5) is 28.0. The number of likely N-dealkylation sites (tertiary alicyclic amines) is 1. The van der Waals surface area contributed by atoms with Gasteiger partial charge in [-0.1, -0.05) is 41.9 Å². The molecule has 0 aromatic heterocycles. The second-order valence-corrected chi connectivity index (χ2v) is 8.30. The summed E-state index contributed by atoms with van der Waals surface area (Å²) in [5, 5.41) is 12.0. The average molecular weight is 494 g/mol. The first-order valence-corrected chi connectivity index (χ1v) is 11.2. The van der Waals surface area contributed by atoms with Gasteiger partial charge in [0.2, 0.25) is 0 Å². The molecule has 1 fully saturated rings. The summed E-state index contributed by atoms with van der Waals surface area (Å²) >= 11 is 6.09. The van der Waals surface area contributed by atoms with Crippen molar-refractivity contribution in [1.29, 1.82) is 0 Å². The number of benzene rings is 3. The summed E-state index contributed by atoms with van der Waals surface area (Å²) in [6, 6.07) is 18.1. The number of ether oxygens (including phenoxy) is 3. The molecule has 1 saturated heterocycles. The highest BCUT2D eigenvalue weighted by Gasteiger charge is 2.46. The van der Waals surface area contributed by atoms with Crippen molar-refractivity contribution in [3.05, 3.63) is 94.0 Å². The molecule has 180 valence electrons. The smallest absolute Gasteiger partial charge is 0.295 e. The molecule has 8 heteroatoms. The minimum Gasteiger partial charge on any atom is -0.506 e. The minimum absolute atomic E-state index is 0.0614. The van der Waals surface area contributed by atoms with Crippen molar-refractivity contribution in [3.63, 3.8) is 0 Å². The molecule has 1 amide bonds. The van der Waals surface area contributed by atoms with Gasteiger partial charge in [0, 0.05) is 11.6 Å². The molecule has 1 N–H and O–H groups in total. The van der Waals surface area contributed by atoms with Crippen LogP contribution in [0, 0.1) is 0 Å². The molecule has 7 nitrogen and oxygen atoms in total. The molecule has 35 heavy (non-hydrogen) atoms. The van der Waals surface area contributed by atoms with Gasteiger partial charge in [-0.05, 0) is 47.5 Å². The Hall–Kier alpha value is -3.97. The van der Waals surface area contributed by atoms with Gasteiger partial charge in [-0.25, -0.2) is 0 Å². The highest BCUT2D eigenvalue weighted by molar-refractivity contribution is 6.46. The van der Waals surface area contributed by atoms with Crippen LogP contribution >= 0.6 is 11.6 Å². The van der Waals surface area contributed by atoms with Crippen molar-refractivity contribution in [2.75, 3.05) is 21.3 Å². The van der Waals surface area contributed by atoms with E-state index in [2.05, 4.69) is 0 Å². The molecule has 0 saturated carbocycles. The minimum atomic E-state index is -0.857. The Morgan fingerprint density at radius 2 is 1.49 bits per heavy atom. The van der Waals surface area contributed by atoms with Crippen molar-refractivity contribution < 1.29 is 28.9 Å². The zero-order chi connectivity index (χ0) is 25.1. The van der Waals surface area contributed by atoms with E-state index < -0.39 is 17.7 Å². The van der Waals surface area contributed by atoms with Gasteiger partial charge in [-0.15, -0.1) is 0 Å². The van der Waals surface area contributed by atoms with Gasteiger partial charge in [0.25, 0.3) is 11.7 Å². The number of aliphatic hydroxyl groups is 1. The number of methoxy groups -OCH3 is 3. The van der Waals surface area contributed by atoms with Crippen LogP contribution < -0.4 is 14.2 Å². The lowest BCUT2D eigenvalue weighted by molar-refractivity contribution is -0.140. The first kappa shape index (κ1) is 24.2. The number of rotatable bonds is 7. The zero-order valence-corrected chi connectivity index (χ0v) is 20.2. The van der Waals surface area contributed by atoms with Gasteiger partial charge < -0.3 is 24.2 Å². The second-order valence-electron chi connectivity index (χ2n) is 7.86. The van der Waals surface area contributed by atoms with E-state index >= 15 is 0 Å². The summed E-state index contributed by atoms with van der Waals surface area (Å²) in [7, 11) is 4.47. The number of hydrogen-bond acceptors (Lipinski definition) is 6. The maximum Gasteiger partial charge on any atom is 0.295 e. The number of carbonyl (C=O) groups excluding carboxylic acids is 2. The topological polar surface area (TPSA) is 85.3 Å². The van der Waals surface area contributed by atoms with Crippen molar-refractivity contribution in [2.45, 2.75) is 12.6 Å². The van der Waals surface area contributed by atoms with E-state index in [4.69, 9.17) is 25.8 Å². The van der Waals surface area contributed by atoms with E-state index in [1.807, 2.05) is 12.1 Å². The lowest BCUT2D eigenvalue weighted by Gasteiger charge is -2.26. The molecule has 0 spiro atoms. The molecule has 1 aliphatic rings. The Morgan fingerprint density at radius 3 is 2.03 bits per heavy atom. The number of halogens is 1. The average Bonchev–Trinajstić information content (AvgIpc) is 3.13. The van der Waals surface area contributed by atoms with Gasteiger partial charge >= 0.3 is 0 Å². The molecular formula is C27H24ClNO6. The second kappa shape index (κ2) is 10.1. The number of amides is 1. The zero-order valence-electron chi connectivity index (χ0n) is 19.4. The molecule has 1 aliphatic heterocycles. The lowest BCUT2D eigenvalue weighted by Crippen LogP contribution is -2.29. The number of aliphatic hydroxyl groups excluding tert-OH is 1. The van der Waals surface area contributed by atoms with Crippen LogP contribution in [0.3, 0.4) is 0 Å². The Balaban J connectivity index is 1.89. The van der Waals surface area contributed by atoms with Crippen LogP contribution in [0.2, 0.25) is 5.02 Å². The van der Waals surface area contributed by atoms with E-state index in [0.29, 0.717) is 27.8 Å². The van der Waals surface area contributed by atoms with Crippen molar-refractivity contribution in [1.82, 2.24) is 4.90 Å². The van der Waals surface area contributed by atoms with E-state index in [0.717, 1.165) is 5.56 Å². The van der Waals surface area contributed by atoms with Gasteiger partial charge in [0.15, 0.2) is 0 Å². The van der Waals surface area contributed by atoms with E-state index in [1.165, 1.54) is 19.1 Å². The van der Waals surface area contributed by atoms with Crippen LogP contribution in [-0.2, 0) is 16.1 Å². The Morgan fingerprint density at radius 1 is 0.886 bits per heavy atom. The van der Waals surface area contributed by atoms with Crippen LogP contribution in [0.15, 0.2) is 72.3 Å². The third kappa shape index (κ3) is 4.55. The van der Waals surface area contributed by atoms with Gasteiger partial charge in [0.1, 0.15) is 28.6 Å². The molecule has 0 bridgehead atoms. The molecule has 4 rings (SSSR count). The highest BCUT2D eigenvalue weighted by atomic mass is 35.5. The van der Waals surface area contributed by atoms with Gasteiger partial charge in [-0.3, -0.25) is 9.59 Å². The largest absolute Gasteiger partial charge is 0.506 e. The van der Waals surface area contributed by atoms with Crippen LogP contribution in [0.4, 0.5) is 0 Å². The van der Waals surface area contributed by atoms with Crippen LogP contribution in [0.5, 0.6) is 17.2 Å². The molecule has 1 unspecified atom stereocenters. The molecular weight excluding hydrogens is 470 g/mol. The fraction of sp³-hybridized carbons (Fsp3) is 0.185. The quantitative estimate of drug-likeness (QED) is 0.283. The number of Topliss-reactive ketones (excluding diaryl/α,β-unsaturated/α-hetero) is 1. The predicted octanol–water partition coefficient (Wildman–Crippen LogP) is 4.99. The number of carbonyl (C=O) groups is 2. The number of hydrogen-bond donors (Lipinski definition) is 1. The van der Waals surface area contributed by atoms with Crippen LogP contribution in [-0.4, -0.2) is 43.0 Å². The van der Waals surface area contributed by atoms with E-state index in [-0.39, 0.29) is 23.4 Å². The summed E-state index contributed by atoms with van der Waals surface area (Å²) in [5.41, 5.74) is 1.55. The van der Waals surface area contributed by atoms with Gasteiger partial charge in [-0.2, -0.15) is 0 Å². The van der Waals surface area contributed by atoms with Crippen LogP contribution in [0.25, 0.3) is 5.76 Å². The third-order valence-corrected chi connectivity index (χ3v) is 6.15. The Bertz CT molecular complexity index is 1260. The maximum absolute atomic E-state index is 13.3. The van der Waals surface area contributed by atoms with Crippen molar-refractivity contribution in [2.24, 2.45) is 0 Å². The van der Waals surface area contributed by atoms with E-state index in [9.17, 15) is 14.7 Å². The van der Waals surface area contributed by atoms with Crippen LogP contribution in [0.1, 0.15) is 22.7 Å². The number of nitrogens with zero attached hydrogens (tertiary/aromatic N) is 1. The standard InChI is InChI=1S/C27H24ClNO6/c1-33-19-13-7-16(8-14-19)15-29-24(17-9-11-18(28)12-10-17)23(26(31)27(29)32)25(30)22-20(34-2)5-4-6-21(22)35-3/h4-14,24,30H,15H2,1-3H3/b25-23+. The van der Waals surface area contributed by atoms with Gasteiger partial charge in [0.05, 0.1) is 32.9 Å².